The zero-order chi connectivity index (χ0) is 13.6. The third kappa shape index (κ3) is 3.83. The van der Waals surface area contributed by atoms with Crippen LogP contribution in [-0.4, -0.2) is 37.6 Å². The van der Waals surface area contributed by atoms with E-state index in [1.807, 2.05) is 0 Å². The van der Waals surface area contributed by atoms with Crippen molar-refractivity contribution in [3.63, 3.8) is 0 Å². The van der Waals surface area contributed by atoms with Crippen LogP contribution in [0.1, 0.15) is 36.8 Å². The molecule has 1 aromatic carbocycles. The number of nitrogens with one attached hydrogen (secondary N) is 1. The van der Waals surface area contributed by atoms with E-state index in [1.165, 1.54) is 71.2 Å². The van der Waals surface area contributed by atoms with Gasteiger partial charge in [-0.05, 0) is 88.3 Å². The topological polar surface area (TPSA) is 15.3 Å². The number of nitrogens with zero attached hydrogens (tertiary/aromatic N) is 1. The number of hydrogen-bond donors (Lipinski definition) is 1. The number of fused-ring (bicyclic) bond motifs is 1. The highest BCUT2D eigenvalue weighted by Gasteiger charge is 2.17. The standard InChI is InChI=1S/C18H28N2/c1-2-7-18-14-16(8-9-17(18)6-1)15-19-10-5-13-20-11-3-4-12-20/h1-2,6-7,16,19H,3-5,8-15H2. The molecule has 0 spiro atoms. The van der Waals surface area contributed by atoms with Crippen LogP contribution >= 0.6 is 0 Å². The quantitative estimate of drug-likeness (QED) is 0.801. The van der Waals surface area contributed by atoms with E-state index in [4.69, 9.17) is 0 Å². The summed E-state index contributed by atoms with van der Waals surface area (Å²) in [5.74, 6) is 0.844. The van der Waals surface area contributed by atoms with Crippen LogP contribution in [-0.2, 0) is 12.8 Å². The van der Waals surface area contributed by atoms with Gasteiger partial charge < -0.3 is 10.2 Å². The van der Waals surface area contributed by atoms with E-state index in [0.29, 0.717) is 0 Å². The molecule has 1 unspecified atom stereocenters. The van der Waals surface area contributed by atoms with Gasteiger partial charge in [-0.25, -0.2) is 0 Å². The van der Waals surface area contributed by atoms with Gasteiger partial charge in [0, 0.05) is 0 Å². The Morgan fingerprint density at radius 3 is 2.75 bits per heavy atom. The van der Waals surface area contributed by atoms with Gasteiger partial charge in [0.1, 0.15) is 0 Å². The zero-order valence-corrected chi connectivity index (χ0v) is 12.6. The van der Waals surface area contributed by atoms with Crippen molar-refractivity contribution in [2.75, 3.05) is 32.7 Å². The Balaban J connectivity index is 1.31. The van der Waals surface area contributed by atoms with Gasteiger partial charge in [-0.3, -0.25) is 0 Å². The second kappa shape index (κ2) is 7.24. The van der Waals surface area contributed by atoms with Gasteiger partial charge in [0.2, 0.25) is 0 Å². The first-order valence-corrected chi connectivity index (χ1v) is 8.41. The Morgan fingerprint density at radius 1 is 1.10 bits per heavy atom. The summed E-state index contributed by atoms with van der Waals surface area (Å²) >= 11 is 0. The molecule has 1 saturated heterocycles. The summed E-state index contributed by atoms with van der Waals surface area (Å²) in [6, 6.07) is 8.98. The molecule has 0 aromatic heterocycles. The monoisotopic (exact) mass is 272 g/mol. The van der Waals surface area contributed by atoms with E-state index in [2.05, 4.69) is 34.5 Å². The Labute approximate surface area is 123 Å². The molecule has 0 amide bonds. The van der Waals surface area contributed by atoms with Crippen LogP contribution < -0.4 is 5.32 Å². The maximum absolute atomic E-state index is 3.68. The van der Waals surface area contributed by atoms with E-state index in [1.54, 1.807) is 11.1 Å². The van der Waals surface area contributed by atoms with E-state index in [-0.39, 0.29) is 0 Å². The fourth-order valence-corrected chi connectivity index (χ4v) is 3.69. The highest BCUT2D eigenvalue weighted by atomic mass is 15.1. The van der Waals surface area contributed by atoms with Crippen molar-refractivity contribution in [3.05, 3.63) is 35.4 Å². The van der Waals surface area contributed by atoms with Crippen molar-refractivity contribution in [1.29, 1.82) is 0 Å². The van der Waals surface area contributed by atoms with Gasteiger partial charge in [-0.15, -0.1) is 0 Å². The van der Waals surface area contributed by atoms with Crippen molar-refractivity contribution in [1.82, 2.24) is 10.2 Å². The second-order valence-electron chi connectivity index (χ2n) is 6.48. The van der Waals surface area contributed by atoms with Crippen molar-refractivity contribution >= 4 is 0 Å². The summed E-state index contributed by atoms with van der Waals surface area (Å²) < 4.78 is 0. The first-order chi connectivity index (χ1) is 9.92. The Morgan fingerprint density at radius 2 is 1.90 bits per heavy atom. The number of benzene rings is 1. The predicted octanol–water partition coefficient (Wildman–Crippen LogP) is 2.87. The van der Waals surface area contributed by atoms with Gasteiger partial charge >= 0.3 is 0 Å². The third-order valence-electron chi connectivity index (χ3n) is 4.91. The summed E-state index contributed by atoms with van der Waals surface area (Å²) in [6.45, 7) is 6.35. The lowest BCUT2D eigenvalue weighted by atomic mass is 9.84. The molecule has 2 nitrogen and oxygen atoms in total. The largest absolute Gasteiger partial charge is 0.316 e. The SMILES string of the molecule is c1ccc2c(c1)CCC(CNCCCN1CCCC1)C2. The van der Waals surface area contributed by atoms with Crippen LogP contribution in [0.2, 0.25) is 0 Å². The lowest BCUT2D eigenvalue weighted by molar-refractivity contribution is 0.327. The maximum Gasteiger partial charge on any atom is -0.000664 e. The molecular weight excluding hydrogens is 244 g/mol. The molecule has 2 aliphatic rings. The predicted molar refractivity (Wildman–Crippen MR) is 85.1 cm³/mol. The molecule has 0 radical (unpaired) electrons. The van der Waals surface area contributed by atoms with Crippen LogP contribution in [0, 0.1) is 5.92 Å². The lowest BCUT2D eigenvalue weighted by Crippen LogP contribution is -2.30. The second-order valence-corrected chi connectivity index (χ2v) is 6.48. The Hall–Kier alpha value is -0.860. The molecule has 1 heterocycles. The minimum Gasteiger partial charge on any atom is -0.316 e. The Bertz CT molecular complexity index is 410. The fourth-order valence-electron chi connectivity index (χ4n) is 3.69. The number of aryl methyl sites for hydroxylation is 1. The average molecular weight is 272 g/mol. The van der Waals surface area contributed by atoms with Crippen molar-refractivity contribution < 1.29 is 0 Å². The summed E-state index contributed by atoms with van der Waals surface area (Å²) in [5.41, 5.74) is 3.17. The molecule has 0 saturated carbocycles. The molecule has 0 bridgehead atoms. The Kier molecular flexibility index (Phi) is 5.10. The normalized spacial score (nSPS) is 22.9. The van der Waals surface area contributed by atoms with E-state index < -0.39 is 0 Å². The molecule has 110 valence electrons. The summed E-state index contributed by atoms with van der Waals surface area (Å²) in [7, 11) is 0. The van der Waals surface area contributed by atoms with Crippen LogP contribution in [0.25, 0.3) is 0 Å². The van der Waals surface area contributed by atoms with Gasteiger partial charge in [0.25, 0.3) is 0 Å². The molecule has 1 aliphatic heterocycles. The molecule has 20 heavy (non-hydrogen) atoms. The van der Waals surface area contributed by atoms with Crippen LogP contribution in [0.4, 0.5) is 0 Å². The first kappa shape index (κ1) is 14.1. The van der Waals surface area contributed by atoms with E-state index >= 15 is 0 Å². The molecule has 1 fully saturated rings. The highest BCUT2D eigenvalue weighted by Crippen LogP contribution is 2.24. The third-order valence-corrected chi connectivity index (χ3v) is 4.91. The summed E-state index contributed by atoms with van der Waals surface area (Å²) in [4.78, 5) is 2.61. The molecule has 1 aromatic rings. The molecule has 1 aliphatic carbocycles. The number of likely N-dealkylation sites (tertiary alicyclic amines) is 1. The lowest BCUT2D eigenvalue weighted by Gasteiger charge is -2.25. The summed E-state index contributed by atoms with van der Waals surface area (Å²) in [6.07, 6.45) is 8.04. The van der Waals surface area contributed by atoms with Gasteiger partial charge in [0.15, 0.2) is 0 Å². The van der Waals surface area contributed by atoms with Crippen molar-refractivity contribution in [3.8, 4) is 0 Å². The van der Waals surface area contributed by atoms with Gasteiger partial charge in [-0.1, -0.05) is 24.3 Å². The number of rotatable bonds is 6. The molecule has 1 atom stereocenters. The molecule has 2 heteroatoms. The summed E-state index contributed by atoms with van der Waals surface area (Å²) in [5, 5.41) is 3.68. The van der Waals surface area contributed by atoms with E-state index in [9.17, 15) is 0 Å². The zero-order valence-electron chi connectivity index (χ0n) is 12.6. The molecule has 3 rings (SSSR count). The minimum atomic E-state index is 0.844. The molecule has 1 N–H and O–H groups in total. The van der Waals surface area contributed by atoms with Crippen LogP contribution in [0.5, 0.6) is 0 Å². The smallest absolute Gasteiger partial charge is 0.000664 e. The molecular formula is C18H28N2. The fraction of sp³-hybridized carbons (Fsp3) is 0.667. The van der Waals surface area contributed by atoms with Gasteiger partial charge in [-0.2, -0.15) is 0 Å². The van der Waals surface area contributed by atoms with Crippen molar-refractivity contribution in [2.24, 2.45) is 5.92 Å². The first-order valence-electron chi connectivity index (χ1n) is 8.41. The van der Waals surface area contributed by atoms with Crippen LogP contribution in [0.15, 0.2) is 24.3 Å². The maximum atomic E-state index is 3.68. The van der Waals surface area contributed by atoms with Crippen molar-refractivity contribution in [2.45, 2.75) is 38.5 Å². The van der Waals surface area contributed by atoms with Gasteiger partial charge in [0.05, 0.1) is 0 Å². The van der Waals surface area contributed by atoms with E-state index in [0.717, 1.165) is 5.92 Å². The van der Waals surface area contributed by atoms with Crippen LogP contribution in [0.3, 0.4) is 0 Å². The highest BCUT2D eigenvalue weighted by molar-refractivity contribution is 5.29. The average Bonchev–Trinajstić information content (AvgIpc) is 3.00. The number of hydrogen-bond acceptors (Lipinski definition) is 2. The minimum absolute atomic E-state index is 0.844.